The normalized spacial score (nSPS) is 15.9. The highest BCUT2D eigenvalue weighted by Gasteiger charge is 2.24. The van der Waals surface area contributed by atoms with Crippen molar-refractivity contribution in [1.82, 2.24) is 0 Å². The summed E-state index contributed by atoms with van der Waals surface area (Å²) in [7, 11) is 0. The van der Waals surface area contributed by atoms with Crippen molar-refractivity contribution in [2.45, 2.75) is 0 Å². The first kappa shape index (κ1) is 13.8. The molecule has 0 aliphatic rings. The Morgan fingerprint density at radius 1 is 0.390 bits per heavy atom. The highest BCUT2D eigenvalue weighted by atomic mass is 16.3. The molecule has 0 radical (unpaired) electrons. The van der Waals surface area contributed by atoms with Gasteiger partial charge in [0.2, 0.25) is 0 Å². The Bertz CT molecular complexity index is 2790. The molecule has 0 unspecified atom stereocenters. The molecular weight excluding hydrogens is 496 g/mol. The van der Waals surface area contributed by atoms with E-state index >= 15 is 0 Å². The Morgan fingerprint density at radius 3 is 1.54 bits per heavy atom. The molecule has 0 aliphatic heterocycles. The minimum atomic E-state index is -0.537. The van der Waals surface area contributed by atoms with Crippen molar-refractivity contribution in [3.63, 3.8) is 0 Å². The van der Waals surface area contributed by atoms with Crippen molar-refractivity contribution < 1.29 is 22.2 Å². The predicted octanol–water partition coefficient (Wildman–Crippen LogP) is 11.4. The fraction of sp³-hybridized carbons (Fsp3) is 0. The summed E-state index contributed by atoms with van der Waals surface area (Å²) in [6, 6.07) is 16.2. The van der Waals surface area contributed by atoms with Crippen LogP contribution in [-0.2, 0) is 0 Å². The van der Waals surface area contributed by atoms with Gasteiger partial charge >= 0.3 is 0 Å². The summed E-state index contributed by atoms with van der Waals surface area (Å²) in [5, 5.41) is 0.548. The summed E-state index contributed by atoms with van der Waals surface area (Å²) < 4.78 is 120. The van der Waals surface area contributed by atoms with Gasteiger partial charge < -0.3 is 4.42 Å². The van der Waals surface area contributed by atoms with E-state index in [1.165, 1.54) is 6.07 Å². The summed E-state index contributed by atoms with van der Waals surface area (Å²) in [4.78, 5) is 0. The molecule has 0 amide bonds. The summed E-state index contributed by atoms with van der Waals surface area (Å²) in [5.41, 5.74) is 2.05. The quantitative estimate of drug-likeness (QED) is 0.204. The van der Waals surface area contributed by atoms with Crippen molar-refractivity contribution >= 4 is 32.5 Å². The molecule has 1 nitrogen and oxygen atoms in total. The molecule has 1 heterocycles. The van der Waals surface area contributed by atoms with Crippen LogP contribution in [-0.4, -0.2) is 0 Å². The number of hydrogen-bond acceptors (Lipinski definition) is 1. The maximum absolute atomic E-state index is 9.35. The van der Waals surface area contributed by atoms with Crippen LogP contribution in [0.2, 0.25) is 0 Å². The molecule has 0 atom stereocenters. The molecule has 8 rings (SSSR count). The Hall–Kier alpha value is -5.40. The molecule has 0 saturated heterocycles. The van der Waals surface area contributed by atoms with E-state index in [4.69, 9.17) is 16.8 Å². The molecule has 0 N–H and O–H groups in total. The summed E-state index contributed by atoms with van der Waals surface area (Å²) in [6.07, 6.45) is 0. The number of benzene rings is 7. The second kappa shape index (κ2) is 9.66. The molecule has 0 fully saturated rings. The van der Waals surface area contributed by atoms with Gasteiger partial charge in [-0.3, -0.25) is 0 Å². The lowest BCUT2D eigenvalue weighted by Gasteiger charge is -2.18. The second-order valence-electron chi connectivity index (χ2n) is 9.50. The van der Waals surface area contributed by atoms with Crippen molar-refractivity contribution in [3.05, 3.63) is 157 Å². The van der Waals surface area contributed by atoms with E-state index in [-0.39, 0.29) is 60.7 Å². The molecule has 8 aromatic rings. The van der Waals surface area contributed by atoms with Crippen LogP contribution in [0, 0.1) is 0 Å². The molecule has 192 valence electrons. The first-order valence-corrected chi connectivity index (χ1v) is 13.0. The van der Waals surface area contributed by atoms with Gasteiger partial charge in [0, 0.05) is 22.1 Å². The number of furan rings is 1. The molecule has 1 aromatic heterocycles. The van der Waals surface area contributed by atoms with Crippen LogP contribution in [0.25, 0.3) is 77.2 Å². The van der Waals surface area contributed by atoms with Crippen LogP contribution in [0.5, 0.6) is 0 Å². The molecular formula is C40H26O. The van der Waals surface area contributed by atoms with E-state index < -0.39 is 78.6 Å². The van der Waals surface area contributed by atoms with Crippen LogP contribution in [0.1, 0.15) is 17.8 Å². The summed E-state index contributed by atoms with van der Waals surface area (Å²) in [6.45, 7) is 0. The predicted molar refractivity (Wildman–Crippen MR) is 173 cm³/mol. The third-order valence-electron chi connectivity index (χ3n) is 7.20. The zero-order valence-electron chi connectivity index (χ0n) is 34.4. The van der Waals surface area contributed by atoms with Gasteiger partial charge in [0.25, 0.3) is 0 Å². The smallest absolute Gasteiger partial charge is 0.143 e. The third-order valence-corrected chi connectivity index (χ3v) is 7.20. The maximum Gasteiger partial charge on any atom is 0.143 e. The van der Waals surface area contributed by atoms with Crippen LogP contribution >= 0.6 is 0 Å². The van der Waals surface area contributed by atoms with E-state index in [9.17, 15) is 5.48 Å². The van der Waals surface area contributed by atoms with Crippen molar-refractivity contribution in [2.24, 2.45) is 0 Å². The Balaban J connectivity index is 1.64. The van der Waals surface area contributed by atoms with Gasteiger partial charge in [-0.25, -0.2) is 0 Å². The van der Waals surface area contributed by atoms with Crippen molar-refractivity contribution in [2.75, 3.05) is 0 Å². The lowest BCUT2D eigenvalue weighted by molar-refractivity contribution is 0.632. The van der Waals surface area contributed by atoms with Gasteiger partial charge in [-0.1, -0.05) is 145 Å². The van der Waals surface area contributed by atoms with Gasteiger partial charge in [-0.05, 0) is 55.9 Å². The fourth-order valence-electron chi connectivity index (χ4n) is 5.46. The van der Waals surface area contributed by atoms with E-state index in [0.717, 1.165) is 0 Å². The first-order chi connectivity index (χ1) is 25.8. The van der Waals surface area contributed by atoms with Gasteiger partial charge in [-0.2, -0.15) is 0 Å². The Kier molecular flexibility index (Phi) is 3.25. The van der Waals surface area contributed by atoms with Gasteiger partial charge in [0.05, 0.1) is 17.8 Å². The summed E-state index contributed by atoms with van der Waals surface area (Å²) >= 11 is 0. The SMILES string of the molecule is [2H]c1c([2H])c([2H])c(-c2ccc3c(-c4c5c([2H])c([2H])c([2H])c([2H])c5c(-c5ccccc5)c5c([2H])c([2H])c([2H])c([2H])c45)c(-c4ccccc4)oc3c2)c([2H])c1[2H]. The number of fused-ring (bicyclic) bond motifs is 3. The number of hydrogen-bond donors (Lipinski definition) is 0. The van der Waals surface area contributed by atoms with E-state index in [1.54, 1.807) is 72.8 Å². The molecule has 0 bridgehead atoms. The molecule has 7 aromatic carbocycles. The lowest BCUT2D eigenvalue weighted by atomic mass is 9.84. The van der Waals surface area contributed by atoms with Gasteiger partial charge in [0.1, 0.15) is 11.3 Å². The molecule has 0 spiro atoms. The topological polar surface area (TPSA) is 13.1 Å². The minimum Gasteiger partial charge on any atom is -0.455 e. The van der Waals surface area contributed by atoms with Crippen molar-refractivity contribution in [1.29, 1.82) is 0 Å². The van der Waals surface area contributed by atoms with E-state index in [2.05, 4.69) is 0 Å². The second-order valence-corrected chi connectivity index (χ2v) is 9.50. The van der Waals surface area contributed by atoms with E-state index in [0.29, 0.717) is 16.5 Å². The average Bonchev–Trinajstić information content (AvgIpc) is 3.57. The van der Waals surface area contributed by atoms with Gasteiger partial charge in [-0.15, -0.1) is 0 Å². The van der Waals surface area contributed by atoms with Crippen LogP contribution < -0.4 is 0 Å². The third kappa shape index (κ3) is 3.86. The monoisotopic (exact) mass is 535 g/mol. The van der Waals surface area contributed by atoms with Gasteiger partial charge in [0.15, 0.2) is 0 Å². The molecule has 0 saturated carbocycles. The van der Waals surface area contributed by atoms with Crippen molar-refractivity contribution in [3.8, 4) is 44.7 Å². The largest absolute Gasteiger partial charge is 0.455 e. The molecule has 1 heteroatoms. The highest BCUT2D eigenvalue weighted by molar-refractivity contribution is 6.24. The first-order valence-electron chi connectivity index (χ1n) is 19.5. The minimum absolute atomic E-state index is 0.0203. The van der Waals surface area contributed by atoms with Crippen LogP contribution in [0.15, 0.2) is 162 Å². The highest BCUT2D eigenvalue weighted by Crippen LogP contribution is 2.49. The Morgan fingerprint density at radius 2 is 0.927 bits per heavy atom. The van der Waals surface area contributed by atoms with Crippen LogP contribution in [0.3, 0.4) is 0 Å². The lowest BCUT2D eigenvalue weighted by Crippen LogP contribution is -1.91. The average molecular weight is 536 g/mol. The Labute approximate surface area is 257 Å². The maximum atomic E-state index is 9.35. The zero-order chi connectivity index (χ0) is 38.5. The van der Waals surface area contributed by atoms with Crippen LogP contribution in [0.4, 0.5) is 0 Å². The summed E-state index contributed by atoms with van der Waals surface area (Å²) in [5.74, 6) is 0.221. The zero-order valence-corrected chi connectivity index (χ0v) is 21.4. The number of rotatable bonds is 4. The molecule has 0 aliphatic carbocycles. The molecule has 41 heavy (non-hydrogen) atoms. The fourth-order valence-corrected chi connectivity index (χ4v) is 5.46. The standard InChI is InChI=1S/C40H26O/c1-4-14-27(15-5-1)30-24-25-35-36(26-30)41-40(29-18-8-3-9-19-29)39(35)38-33-22-12-10-20-31(33)37(28-16-6-2-7-17-28)32-21-11-13-23-34(32)38/h1-26H/i1D,4D,5D,10D,11D,12D,13D,14D,15D,20D,21D,22D,23D. The van der Waals surface area contributed by atoms with E-state index in [1.807, 2.05) is 0 Å².